The summed E-state index contributed by atoms with van der Waals surface area (Å²) in [5, 5.41) is 3.17. The maximum Gasteiger partial charge on any atom is 0.217 e. The van der Waals surface area contributed by atoms with E-state index in [1.165, 1.54) is 25.2 Å². The number of halogens is 1. The van der Waals surface area contributed by atoms with Crippen molar-refractivity contribution in [2.24, 2.45) is 5.92 Å². The van der Waals surface area contributed by atoms with Gasteiger partial charge in [0.05, 0.1) is 0 Å². The van der Waals surface area contributed by atoms with Gasteiger partial charge in [0.15, 0.2) is 0 Å². The molecule has 0 bridgehead atoms. The Morgan fingerprint density at radius 3 is 3.08 bits per heavy atom. The van der Waals surface area contributed by atoms with Gasteiger partial charge in [0, 0.05) is 12.1 Å². The summed E-state index contributed by atoms with van der Waals surface area (Å²) in [6.07, 6.45) is 3.58. The topological polar surface area (TPSA) is 37.8 Å². The molecule has 0 aromatic carbocycles. The van der Waals surface area contributed by atoms with Gasteiger partial charge in [-0.2, -0.15) is 4.39 Å². The summed E-state index contributed by atoms with van der Waals surface area (Å²) in [6, 6.07) is 1.81. The Balaban J connectivity index is 1.95. The first-order chi connectivity index (χ1) is 6.29. The molecule has 1 aromatic rings. The second-order valence-electron chi connectivity index (χ2n) is 3.38. The normalized spacial score (nSPS) is 25.7. The second kappa shape index (κ2) is 3.28. The molecule has 2 atom stereocenters. The zero-order valence-corrected chi connectivity index (χ0v) is 7.50. The number of aromatic nitrogens is 2. The predicted molar refractivity (Wildman–Crippen MR) is 47.8 cm³/mol. The van der Waals surface area contributed by atoms with E-state index in [0.717, 1.165) is 5.92 Å². The van der Waals surface area contributed by atoms with Gasteiger partial charge in [0.2, 0.25) is 5.95 Å². The van der Waals surface area contributed by atoms with Crippen molar-refractivity contribution in [3.8, 4) is 0 Å². The Bertz CT molecular complexity index is 303. The molecule has 3 nitrogen and oxygen atoms in total. The van der Waals surface area contributed by atoms with Crippen molar-refractivity contribution in [3.05, 3.63) is 18.3 Å². The molecule has 13 heavy (non-hydrogen) atoms. The average Bonchev–Trinajstić information content (AvgIpc) is 2.83. The van der Waals surface area contributed by atoms with Crippen LogP contribution in [0.2, 0.25) is 0 Å². The zero-order valence-electron chi connectivity index (χ0n) is 7.50. The van der Waals surface area contributed by atoms with Crippen molar-refractivity contribution in [1.82, 2.24) is 9.97 Å². The highest BCUT2D eigenvalue weighted by Gasteiger charge is 2.35. The molecule has 0 aliphatic heterocycles. The number of hydrogen-bond donors (Lipinski definition) is 1. The SMILES string of the molecule is CCC1CC1Nc1cc(F)ncn1. The number of nitrogens with zero attached hydrogens (tertiary/aromatic N) is 2. The smallest absolute Gasteiger partial charge is 0.217 e. The number of anilines is 1. The van der Waals surface area contributed by atoms with Gasteiger partial charge in [-0.1, -0.05) is 13.3 Å². The minimum absolute atomic E-state index is 0.480. The van der Waals surface area contributed by atoms with Crippen molar-refractivity contribution in [1.29, 1.82) is 0 Å². The van der Waals surface area contributed by atoms with Crippen LogP contribution in [0.1, 0.15) is 19.8 Å². The predicted octanol–water partition coefficient (Wildman–Crippen LogP) is 1.83. The Hall–Kier alpha value is -1.19. The highest BCUT2D eigenvalue weighted by molar-refractivity contribution is 5.35. The van der Waals surface area contributed by atoms with Crippen LogP contribution in [0.4, 0.5) is 10.2 Å². The van der Waals surface area contributed by atoms with Gasteiger partial charge in [-0.3, -0.25) is 0 Å². The lowest BCUT2D eigenvalue weighted by Gasteiger charge is -2.02. The van der Waals surface area contributed by atoms with E-state index in [1.807, 2.05) is 0 Å². The molecule has 0 spiro atoms. The Kier molecular flexibility index (Phi) is 2.12. The molecule has 0 amide bonds. The maximum absolute atomic E-state index is 12.6. The lowest BCUT2D eigenvalue weighted by Crippen LogP contribution is -2.06. The van der Waals surface area contributed by atoms with Gasteiger partial charge in [0.25, 0.3) is 0 Å². The van der Waals surface area contributed by atoms with E-state index < -0.39 is 5.95 Å². The maximum atomic E-state index is 12.6. The molecule has 0 saturated heterocycles. The van der Waals surface area contributed by atoms with E-state index in [-0.39, 0.29) is 0 Å². The van der Waals surface area contributed by atoms with Crippen LogP contribution in [0.25, 0.3) is 0 Å². The van der Waals surface area contributed by atoms with E-state index in [4.69, 9.17) is 0 Å². The monoisotopic (exact) mass is 181 g/mol. The standard InChI is InChI=1S/C9H12FN3/c1-2-6-3-7(6)13-9-4-8(10)11-5-12-9/h4-7H,2-3H2,1H3,(H,11,12,13). The van der Waals surface area contributed by atoms with Crippen molar-refractivity contribution >= 4 is 5.82 Å². The van der Waals surface area contributed by atoms with Crippen LogP contribution in [0.5, 0.6) is 0 Å². The van der Waals surface area contributed by atoms with E-state index in [2.05, 4.69) is 22.2 Å². The minimum Gasteiger partial charge on any atom is -0.367 e. The largest absolute Gasteiger partial charge is 0.367 e. The molecule has 1 heterocycles. The molecule has 1 aromatic heterocycles. The average molecular weight is 181 g/mol. The van der Waals surface area contributed by atoms with Crippen molar-refractivity contribution < 1.29 is 4.39 Å². The molecule has 70 valence electrons. The molecule has 1 fully saturated rings. The lowest BCUT2D eigenvalue weighted by atomic mass is 10.3. The minimum atomic E-state index is -0.480. The molecular formula is C9H12FN3. The van der Waals surface area contributed by atoms with Crippen molar-refractivity contribution in [2.75, 3.05) is 5.32 Å². The highest BCUT2D eigenvalue weighted by atomic mass is 19.1. The Morgan fingerprint density at radius 2 is 2.46 bits per heavy atom. The second-order valence-corrected chi connectivity index (χ2v) is 3.38. The fraction of sp³-hybridized carbons (Fsp3) is 0.556. The molecule has 1 aliphatic rings. The lowest BCUT2D eigenvalue weighted by molar-refractivity contribution is 0.580. The number of rotatable bonds is 3. The molecule has 1 aliphatic carbocycles. The van der Waals surface area contributed by atoms with Crippen LogP contribution >= 0.6 is 0 Å². The quantitative estimate of drug-likeness (QED) is 0.723. The third-order valence-electron chi connectivity index (χ3n) is 2.41. The summed E-state index contributed by atoms with van der Waals surface area (Å²) in [7, 11) is 0. The Morgan fingerprint density at radius 1 is 1.62 bits per heavy atom. The first-order valence-corrected chi connectivity index (χ1v) is 4.53. The molecule has 1 N–H and O–H groups in total. The van der Waals surface area contributed by atoms with Gasteiger partial charge in [-0.15, -0.1) is 0 Å². The van der Waals surface area contributed by atoms with Gasteiger partial charge in [0.1, 0.15) is 12.1 Å². The molecule has 1 saturated carbocycles. The van der Waals surface area contributed by atoms with Crippen LogP contribution in [-0.4, -0.2) is 16.0 Å². The van der Waals surface area contributed by atoms with E-state index >= 15 is 0 Å². The summed E-state index contributed by atoms with van der Waals surface area (Å²) in [5.41, 5.74) is 0. The van der Waals surface area contributed by atoms with Crippen molar-refractivity contribution in [2.45, 2.75) is 25.8 Å². The first-order valence-electron chi connectivity index (χ1n) is 4.53. The zero-order chi connectivity index (χ0) is 9.26. The number of nitrogens with one attached hydrogen (secondary N) is 1. The molecular weight excluding hydrogens is 169 g/mol. The van der Waals surface area contributed by atoms with Crippen LogP contribution in [0, 0.1) is 11.9 Å². The summed E-state index contributed by atoms with van der Waals surface area (Å²) in [5.74, 6) is 0.845. The number of hydrogen-bond acceptors (Lipinski definition) is 3. The van der Waals surface area contributed by atoms with Crippen LogP contribution in [0.3, 0.4) is 0 Å². The van der Waals surface area contributed by atoms with Crippen LogP contribution in [-0.2, 0) is 0 Å². The fourth-order valence-corrected chi connectivity index (χ4v) is 1.48. The van der Waals surface area contributed by atoms with E-state index in [1.54, 1.807) is 0 Å². The third-order valence-corrected chi connectivity index (χ3v) is 2.41. The highest BCUT2D eigenvalue weighted by Crippen LogP contribution is 2.35. The summed E-state index contributed by atoms with van der Waals surface area (Å²) >= 11 is 0. The first kappa shape index (κ1) is 8.41. The van der Waals surface area contributed by atoms with Gasteiger partial charge in [-0.25, -0.2) is 9.97 Å². The molecule has 2 rings (SSSR count). The summed E-state index contributed by atoms with van der Waals surface area (Å²) in [4.78, 5) is 7.32. The van der Waals surface area contributed by atoms with E-state index in [0.29, 0.717) is 11.9 Å². The molecule has 0 radical (unpaired) electrons. The third kappa shape index (κ3) is 1.94. The summed E-state index contributed by atoms with van der Waals surface area (Å²) in [6.45, 7) is 2.16. The Labute approximate surface area is 76.4 Å². The van der Waals surface area contributed by atoms with Crippen molar-refractivity contribution in [3.63, 3.8) is 0 Å². The van der Waals surface area contributed by atoms with E-state index in [9.17, 15) is 4.39 Å². The van der Waals surface area contributed by atoms with Crippen LogP contribution in [0.15, 0.2) is 12.4 Å². The van der Waals surface area contributed by atoms with Gasteiger partial charge < -0.3 is 5.32 Å². The summed E-state index contributed by atoms with van der Waals surface area (Å²) < 4.78 is 12.6. The van der Waals surface area contributed by atoms with Gasteiger partial charge >= 0.3 is 0 Å². The van der Waals surface area contributed by atoms with Gasteiger partial charge in [-0.05, 0) is 12.3 Å². The fourth-order valence-electron chi connectivity index (χ4n) is 1.48. The van der Waals surface area contributed by atoms with Crippen LogP contribution < -0.4 is 5.32 Å². The molecule has 4 heteroatoms. The molecule has 2 unspecified atom stereocenters.